The van der Waals surface area contributed by atoms with Crippen molar-refractivity contribution in [3.05, 3.63) is 35.4 Å². The van der Waals surface area contributed by atoms with Crippen molar-refractivity contribution in [1.29, 1.82) is 0 Å². The van der Waals surface area contributed by atoms with Crippen molar-refractivity contribution in [2.45, 2.75) is 13.0 Å². The number of amides is 1. The third-order valence-corrected chi connectivity index (χ3v) is 1.69. The van der Waals surface area contributed by atoms with E-state index in [0.717, 1.165) is 18.2 Å². The molecule has 0 spiro atoms. The van der Waals surface area contributed by atoms with Gasteiger partial charge in [0.15, 0.2) is 0 Å². The first-order valence-electron chi connectivity index (χ1n) is 3.91. The number of carbonyl (C=O) groups is 1. The van der Waals surface area contributed by atoms with Gasteiger partial charge in [0.25, 0.3) is 0 Å². The number of halogens is 2. The van der Waals surface area contributed by atoms with Crippen molar-refractivity contribution in [3.8, 4) is 0 Å². The number of hydrogen-bond acceptors (Lipinski definition) is 2. The summed E-state index contributed by atoms with van der Waals surface area (Å²) in [5.41, 5.74) is 4.70. The van der Waals surface area contributed by atoms with E-state index in [4.69, 9.17) is 5.73 Å². The Morgan fingerprint density at radius 1 is 1.50 bits per heavy atom. The minimum Gasteiger partial charge on any atom is -0.442 e. The maximum absolute atomic E-state index is 13.1. The second-order valence-electron chi connectivity index (χ2n) is 2.74. The predicted octanol–water partition coefficient (Wildman–Crippen LogP) is 2.12. The van der Waals surface area contributed by atoms with Crippen LogP contribution in [0, 0.1) is 11.6 Å². The predicted molar refractivity (Wildman–Crippen MR) is 45.4 cm³/mol. The van der Waals surface area contributed by atoms with Crippen LogP contribution in [0.25, 0.3) is 0 Å². The maximum Gasteiger partial charge on any atom is 0.405 e. The van der Waals surface area contributed by atoms with Gasteiger partial charge in [-0.05, 0) is 25.1 Å². The Morgan fingerprint density at radius 2 is 2.14 bits per heavy atom. The zero-order chi connectivity index (χ0) is 10.7. The number of benzene rings is 1. The molecule has 0 fully saturated rings. The van der Waals surface area contributed by atoms with E-state index < -0.39 is 23.8 Å². The van der Waals surface area contributed by atoms with Gasteiger partial charge in [-0.2, -0.15) is 0 Å². The highest BCUT2D eigenvalue weighted by Crippen LogP contribution is 2.20. The second-order valence-corrected chi connectivity index (χ2v) is 2.74. The van der Waals surface area contributed by atoms with Crippen LogP contribution in [0.15, 0.2) is 18.2 Å². The fourth-order valence-electron chi connectivity index (χ4n) is 1.06. The lowest BCUT2D eigenvalue weighted by atomic mass is 10.1. The molecule has 0 radical (unpaired) electrons. The van der Waals surface area contributed by atoms with Crippen molar-refractivity contribution in [3.63, 3.8) is 0 Å². The molecule has 0 heterocycles. The Labute approximate surface area is 79.5 Å². The molecule has 1 amide bonds. The van der Waals surface area contributed by atoms with Crippen LogP contribution < -0.4 is 5.73 Å². The molecule has 1 aromatic carbocycles. The van der Waals surface area contributed by atoms with Gasteiger partial charge < -0.3 is 10.5 Å². The lowest BCUT2D eigenvalue weighted by Crippen LogP contribution is -2.16. The highest BCUT2D eigenvalue weighted by molar-refractivity contribution is 5.65. The molecule has 0 saturated heterocycles. The van der Waals surface area contributed by atoms with Crippen LogP contribution in [0.3, 0.4) is 0 Å². The molecule has 0 bridgehead atoms. The van der Waals surface area contributed by atoms with Crippen LogP contribution in [-0.2, 0) is 4.74 Å². The molecular formula is C9H9F2NO2. The molecule has 1 aromatic rings. The molecule has 0 aliphatic carbocycles. The molecular weight excluding hydrogens is 192 g/mol. The molecule has 1 atom stereocenters. The lowest BCUT2D eigenvalue weighted by Gasteiger charge is -2.12. The fraction of sp³-hybridized carbons (Fsp3) is 0.222. The van der Waals surface area contributed by atoms with Crippen LogP contribution in [0.2, 0.25) is 0 Å². The molecule has 5 heteroatoms. The monoisotopic (exact) mass is 201 g/mol. The maximum atomic E-state index is 13.1. The Balaban J connectivity index is 2.93. The van der Waals surface area contributed by atoms with E-state index in [1.165, 1.54) is 6.92 Å². The highest BCUT2D eigenvalue weighted by Gasteiger charge is 2.14. The smallest absolute Gasteiger partial charge is 0.405 e. The molecule has 2 N–H and O–H groups in total. The van der Waals surface area contributed by atoms with Crippen LogP contribution in [0.1, 0.15) is 18.6 Å². The van der Waals surface area contributed by atoms with E-state index in [1.54, 1.807) is 0 Å². The quantitative estimate of drug-likeness (QED) is 0.796. The number of rotatable bonds is 2. The Kier molecular flexibility index (Phi) is 3.01. The Bertz CT molecular complexity index is 355. The summed E-state index contributed by atoms with van der Waals surface area (Å²) in [6.07, 6.45) is -1.93. The first-order chi connectivity index (χ1) is 6.50. The van der Waals surface area contributed by atoms with Crippen molar-refractivity contribution in [2.75, 3.05) is 0 Å². The lowest BCUT2D eigenvalue weighted by molar-refractivity contribution is 0.114. The number of nitrogens with two attached hydrogens (primary N) is 1. The summed E-state index contributed by atoms with van der Waals surface area (Å²) in [4.78, 5) is 10.4. The second kappa shape index (κ2) is 4.04. The summed E-state index contributed by atoms with van der Waals surface area (Å²) < 4.78 is 30.3. The zero-order valence-corrected chi connectivity index (χ0v) is 7.46. The van der Waals surface area contributed by atoms with Gasteiger partial charge in [-0.25, -0.2) is 13.6 Å². The van der Waals surface area contributed by atoms with E-state index in [0.29, 0.717) is 0 Å². The minimum absolute atomic E-state index is 0.0381. The molecule has 14 heavy (non-hydrogen) atoms. The number of carbonyl (C=O) groups excluding carboxylic acids is 1. The van der Waals surface area contributed by atoms with Gasteiger partial charge in [-0.1, -0.05) is 0 Å². The summed E-state index contributed by atoms with van der Waals surface area (Å²) in [7, 11) is 0. The molecule has 3 nitrogen and oxygen atoms in total. The van der Waals surface area contributed by atoms with Crippen molar-refractivity contribution < 1.29 is 18.3 Å². The van der Waals surface area contributed by atoms with Crippen molar-refractivity contribution in [1.82, 2.24) is 0 Å². The summed E-state index contributed by atoms with van der Waals surface area (Å²) in [6.45, 7) is 1.41. The fourth-order valence-corrected chi connectivity index (χ4v) is 1.06. The number of hydrogen-bond donors (Lipinski definition) is 1. The topological polar surface area (TPSA) is 52.3 Å². The molecule has 1 unspecified atom stereocenters. The number of ether oxygens (including phenoxy) is 1. The average Bonchev–Trinajstić information content (AvgIpc) is 2.08. The van der Waals surface area contributed by atoms with Crippen LogP contribution in [0.5, 0.6) is 0 Å². The van der Waals surface area contributed by atoms with E-state index in [9.17, 15) is 13.6 Å². The normalized spacial score (nSPS) is 12.2. The van der Waals surface area contributed by atoms with E-state index in [-0.39, 0.29) is 5.56 Å². The summed E-state index contributed by atoms with van der Waals surface area (Å²) in [5.74, 6) is -1.23. The summed E-state index contributed by atoms with van der Waals surface area (Å²) in [6, 6.07) is 2.91. The standard InChI is InChI=1S/C9H9F2NO2/c1-5(14-9(12)13)7-4-6(10)2-3-8(7)11/h2-5H,1H3,(H2,12,13). The van der Waals surface area contributed by atoms with Crippen molar-refractivity contribution >= 4 is 6.09 Å². The van der Waals surface area contributed by atoms with Crippen LogP contribution in [-0.4, -0.2) is 6.09 Å². The van der Waals surface area contributed by atoms with Gasteiger partial charge in [-0.3, -0.25) is 0 Å². The van der Waals surface area contributed by atoms with E-state index in [2.05, 4.69) is 4.74 Å². The van der Waals surface area contributed by atoms with Crippen LogP contribution >= 0.6 is 0 Å². The van der Waals surface area contributed by atoms with Crippen LogP contribution in [0.4, 0.5) is 13.6 Å². The van der Waals surface area contributed by atoms with E-state index in [1.807, 2.05) is 0 Å². The average molecular weight is 201 g/mol. The van der Waals surface area contributed by atoms with Gasteiger partial charge in [0.2, 0.25) is 0 Å². The third kappa shape index (κ3) is 2.42. The third-order valence-electron chi connectivity index (χ3n) is 1.69. The zero-order valence-electron chi connectivity index (χ0n) is 7.46. The first kappa shape index (κ1) is 10.4. The molecule has 1 rings (SSSR count). The largest absolute Gasteiger partial charge is 0.442 e. The van der Waals surface area contributed by atoms with Gasteiger partial charge in [0.1, 0.15) is 17.7 Å². The Hall–Kier alpha value is -1.65. The Morgan fingerprint density at radius 3 is 2.71 bits per heavy atom. The highest BCUT2D eigenvalue weighted by atomic mass is 19.1. The summed E-state index contributed by atoms with van der Waals surface area (Å²) in [5, 5.41) is 0. The van der Waals surface area contributed by atoms with E-state index >= 15 is 0 Å². The minimum atomic E-state index is -1.03. The molecule has 0 aromatic heterocycles. The molecule has 76 valence electrons. The summed E-state index contributed by atoms with van der Waals surface area (Å²) >= 11 is 0. The molecule has 0 aliphatic heterocycles. The molecule has 0 saturated carbocycles. The van der Waals surface area contributed by atoms with Gasteiger partial charge in [0.05, 0.1) is 0 Å². The first-order valence-corrected chi connectivity index (χ1v) is 3.91. The SMILES string of the molecule is CC(OC(N)=O)c1cc(F)ccc1F. The van der Waals surface area contributed by atoms with Gasteiger partial charge in [0, 0.05) is 5.56 Å². The number of primary amides is 1. The van der Waals surface area contributed by atoms with Gasteiger partial charge >= 0.3 is 6.09 Å². The molecule has 0 aliphatic rings. The van der Waals surface area contributed by atoms with Gasteiger partial charge in [-0.15, -0.1) is 0 Å². The van der Waals surface area contributed by atoms with Crippen molar-refractivity contribution in [2.24, 2.45) is 5.73 Å².